The van der Waals surface area contributed by atoms with Crippen molar-refractivity contribution < 1.29 is 4.65 Å². The van der Waals surface area contributed by atoms with E-state index in [1.807, 2.05) is 24.3 Å². The summed E-state index contributed by atoms with van der Waals surface area (Å²) in [5, 5.41) is 0. The van der Waals surface area contributed by atoms with Crippen LogP contribution in [0.4, 0.5) is 0 Å². The average molecular weight is 151 g/mol. The molecule has 0 spiro atoms. The van der Waals surface area contributed by atoms with Crippen LogP contribution in [0.25, 0.3) is 0 Å². The Labute approximate surface area is 67.1 Å². The Hall–Kier alpha value is -0.405. The van der Waals surface area contributed by atoms with Crippen molar-refractivity contribution in [3.05, 3.63) is 24.3 Å². The molecule has 0 atom stereocenters. The molecule has 0 saturated heterocycles. The molecular formula is C7H8BOS. The van der Waals surface area contributed by atoms with Crippen molar-refractivity contribution in [2.75, 3.05) is 7.11 Å². The maximum absolute atomic E-state index is 4.82. The third-order valence-electron chi connectivity index (χ3n) is 1.15. The van der Waals surface area contributed by atoms with Crippen molar-refractivity contribution in [3.63, 3.8) is 0 Å². The fourth-order valence-corrected chi connectivity index (χ4v) is 0.838. The molecule has 0 aliphatic heterocycles. The van der Waals surface area contributed by atoms with Gasteiger partial charge in [-0.1, -0.05) is 17.6 Å². The lowest BCUT2D eigenvalue weighted by Gasteiger charge is -1.95. The SMILES string of the molecule is CO[B]c1ccc(S)cc1. The van der Waals surface area contributed by atoms with Crippen molar-refractivity contribution >= 4 is 25.6 Å². The lowest BCUT2D eigenvalue weighted by atomic mass is 9.89. The summed E-state index contributed by atoms with van der Waals surface area (Å²) in [6.45, 7) is 0. The van der Waals surface area contributed by atoms with Crippen LogP contribution >= 0.6 is 12.6 Å². The summed E-state index contributed by atoms with van der Waals surface area (Å²) in [6.07, 6.45) is 0. The van der Waals surface area contributed by atoms with Crippen molar-refractivity contribution in [2.45, 2.75) is 4.90 Å². The average Bonchev–Trinajstić information content (AvgIpc) is 1.95. The van der Waals surface area contributed by atoms with Crippen LogP contribution in [0, 0.1) is 0 Å². The summed E-state index contributed by atoms with van der Waals surface area (Å²) in [5.41, 5.74) is 1.06. The molecule has 51 valence electrons. The highest BCUT2D eigenvalue weighted by molar-refractivity contribution is 7.80. The molecule has 0 aromatic heterocycles. The Balaban J connectivity index is 2.69. The van der Waals surface area contributed by atoms with E-state index in [2.05, 4.69) is 12.6 Å². The summed E-state index contributed by atoms with van der Waals surface area (Å²) < 4.78 is 4.82. The highest BCUT2D eigenvalue weighted by Crippen LogP contribution is 2.00. The van der Waals surface area contributed by atoms with Crippen molar-refractivity contribution in [2.24, 2.45) is 0 Å². The van der Waals surface area contributed by atoms with E-state index in [-0.39, 0.29) is 0 Å². The molecule has 0 fully saturated rings. The van der Waals surface area contributed by atoms with Gasteiger partial charge in [-0.05, 0) is 12.1 Å². The van der Waals surface area contributed by atoms with Crippen LogP contribution in [-0.4, -0.2) is 14.6 Å². The standard InChI is InChI=1S/C7H8BOS/c1-9-8-6-2-4-7(10)5-3-6/h2-5,10H,1H3. The summed E-state index contributed by atoms with van der Waals surface area (Å²) >= 11 is 4.15. The quantitative estimate of drug-likeness (QED) is 0.487. The van der Waals surface area contributed by atoms with Crippen molar-refractivity contribution in [3.8, 4) is 0 Å². The summed E-state index contributed by atoms with van der Waals surface area (Å²) in [4.78, 5) is 0.966. The second-order valence-corrected chi connectivity index (χ2v) is 2.46. The predicted molar refractivity (Wildman–Crippen MR) is 46.1 cm³/mol. The van der Waals surface area contributed by atoms with E-state index < -0.39 is 0 Å². The van der Waals surface area contributed by atoms with Gasteiger partial charge in [-0.15, -0.1) is 12.6 Å². The molecule has 0 heterocycles. The van der Waals surface area contributed by atoms with E-state index in [9.17, 15) is 0 Å². The highest BCUT2D eigenvalue weighted by Gasteiger charge is 1.92. The minimum absolute atomic E-state index is 0.966. The van der Waals surface area contributed by atoms with Gasteiger partial charge in [0.2, 0.25) is 0 Å². The van der Waals surface area contributed by atoms with Gasteiger partial charge in [0, 0.05) is 12.0 Å². The zero-order valence-corrected chi connectivity index (χ0v) is 6.64. The number of thiol groups is 1. The van der Waals surface area contributed by atoms with Gasteiger partial charge in [0.05, 0.1) is 0 Å². The zero-order chi connectivity index (χ0) is 7.40. The number of benzene rings is 1. The van der Waals surface area contributed by atoms with Gasteiger partial charge in [0.15, 0.2) is 0 Å². The fourth-order valence-electron chi connectivity index (χ4n) is 0.689. The maximum atomic E-state index is 4.82. The maximum Gasteiger partial charge on any atom is 0.329 e. The summed E-state index contributed by atoms with van der Waals surface area (Å²) in [5.74, 6) is 0. The lowest BCUT2D eigenvalue weighted by Crippen LogP contribution is -2.14. The van der Waals surface area contributed by atoms with Gasteiger partial charge < -0.3 is 4.65 Å². The van der Waals surface area contributed by atoms with Gasteiger partial charge in [-0.25, -0.2) is 0 Å². The normalized spacial score (nSPS) is 9.40. The van der Waals surface area contributed by atoms with Crippen LogP contribution in [0.1, 0.15) is 0 Å². The van der Waals surface area contributed by atoms with Crippen molar-refractivity contribution in [1.29, 1.82) is 0 Å². The summed E-state index contributed by atoms with van der Waals surface area (Å²) in [6, 6.07) is 7.75. The fraction of sp³-hybridized carbons (Fsp3) is 0.143. The first-order chi connectivity index (χ1) is 4.83. The first kappa shape index (κ1) is 7.70. The molecule has 0 N–H and O–H groups in total. The molecule has 0 aliphatic rings. The largest absolute Gasteiger partial charge is 0.437 e. The van der Waals surface area contributed by atoms with E-state index in [1.165, 1.54) is 0 Å². The second-order valence-electron chi connectivity index (χ2n) is 1.95. The summed E-state index contributed by atoms with van der Waals surface area (Å²) in [7, 11) is 3.32. The van der Waals surface area contributed by atoms with Gasteiger partial charge in [0.25, 0.3) is 0 Å². The Kier molecular flexibility index (Phi) is 2.84. The zero-order valence-electron chi connectivity index (χ0n) is 5.74. The van der Waals surface area contributed by atoms with E-state index in [0.29, 0.717) is 0 Å². The van der Waals surface area contributed by atoms with Crippen LogP contribution in [0.2, 0.25) is 0 Å². The van der Waals surface area contributed by atoms with Gasteiger partial charge >= 0.3 is 7.48 Å². The lowest BCUT2D eigenvalue weighted by molar-refractivity contribution is 0.450. The van der Waals surface area contributed by atoms with E-state index in [4.69, 9.17) is 4.65 Å². The first-order valence-electron chi connectivity index (χ1n) is 2.98. The van der Waals surface area contributed by atoms with Crippen LogP contribution < -0.4 is 5.46 Å². The molecule has 0 amide bonds. The molecule has 1 aromatic rings. The number of hydrogen-bond donors (Lipinski definition) is 1. The molecule has 0 unspecified atom stereocenters. The monoisotopic (exact) mass is 151 g/mol. The highest BCUT2D eigenvalue weighted by atomic mass is 32.1. The Morgan fingerprint density at radius 2 is 1.90 bits per heavy atom. The third-order valence-corrected chi connectivity index (χ3v) is 1.45. The Bertz CT molecular complexity index is 197. The van der Waals surface area contributed by atoms with Crippen LogP contribution in [0.15, 0.2) is 29.2 Å². The Morgan fingerprint density at radius 3 is 2.40 bits per heavy atom. The van der Waals surface area contributed by atoms with E-state index in [0.717, 1.165) is 10.4 Å². The molecule has 1 radical (unpaired) electrons. The second kappa shape index (κ2) is 3.69. The minimum Gasteiger partial charge on any atom is -0.437 e. The molecular weight excluding hydrogens is 143 g/mol. The van der Waals surface area contributed by atoms with Gasteiger partial charge in [-0.2, -0.15) is 0 Å². The number of rotatable bonds is 2. The van der Waals surface area contributed by atoms with Crippen molar-refractivity contribution in [1.82, 2.24) is 0 Å². The topological polar surface area (TPSA) is 9.23 Å². The predicted octanol–water partition coefficient (Wildman–Crippen LogP) is 0.866. The van der Waals surface area contributed by atoms with Crippen LogP contribution in [0.3, 0.4) is 0 Å². The molecule has 10 heavy (non-hydrogen) atoms. The van der Waals surface area contributed by atoms with Crippen LogP contribution in [0.5, 0.6) is 0 Å². The molecule has 0 aliphatic carbocycles. The Morgan fingerprint density at radius 1 is 1.30 bits per heavy atom. The number of hydrogen-bond acceptors (Lipinski definition) is 2. The minimum atomic E-state index is 0.966. The molecule has 0 saturated carbocycles. The van der Waals surface area contributed by atoms with Crippen LogP contribution in [-0.2, 0) is 4.65 Å². The van der Waals surface area contributed by atoms with Gasteiger partial charge in [-0.3, -0.25) is 0 Å². The smallest absolute Gasteiger partial charge is 0.329 e. The first-order valence-corrected chi connectivity index (χ1v) is 3.42. The molecule has 3 heteroatoms. The molecule has 1 nitrogen and oxygen atoms in total. The van der Waals surface area contributed by atoms with E-state index >= 15 is 0 Å². The molecule has 1 aromatic carbocycles. The molecule has 0 bridgehead atoms. The third kappa shape index (κ3) is 2.08. The van der Waals surface area contributed by atoms with Gasteiger partial charge in [0.1, 0.15) is 0 Å². The van der Waals surface area contributed by atoms with E-state index in [1.54, 1.807) is 14.6 Å². The molecule has 1 rings (SSSR count).